The van der Waals surface area contributed by atoms with Gasteiger partial charge in [-0.15, -0.1) is 0 Å². The monoisotopic (exact) mass is 447 g/mol. The van der Waals surface area contributed by atoms with E-state index in [0.29, 0.717) is 23.8 Å². The smallest absolute Gasteiger partial charge is 0.244 e. The van der Waals surface area contributed by atoms with E-state index in [4.69, 9.17) is 5.73 Å². The van der Waals surface area contributed by atoms with Gasteiger partial charge in [-0.1, -0.05) is 18.2 Å². The molecule has 170 valence electrons. The normalized spacial score (nSPS) is 32.3. The number of nitrogens with zero attached hydrogens (tertiary/aromatic N) is 1. The molecule has 4 aliphatic carbocycles. The fraction of sp³-hybridized carbons (Fsp3) is 0.652. The number of likely N-dealkylation sites (N-methyl/N-ethyl adjacent to an activating group) is 1. The van der Waals surface area contributed by atoms with E-state index in [1.165, 1.54) is 7.05 Å². The zero-order valence-electron chi connectivity index (χ0n) is 18.8. The van der Waals surface area contributed by atoms with Gasteiger partial charge in [0, 0.05) is 12.6 Å². The molecular formula is C23H33N3O4S. The number of amides is 2. The second kappa shape index (κ2) is 7.04. The van der Waals surface area contributed by atoms with Gasteiger partial charge in [0.25, 0.3) is 0 Å². The molecule has 0 heterocycles. The summed E-state index contributed by atoms with van der Waals surface area (Å²) in [6, 6.07) is 6.77. The summed E-state index contributed by atoms with van der Waals surface area (Å²) in [5.41, 5.74) is 4.12. The quantitative estimate of drug-likeness (QED) is 0.697. The minimum Gasteiger partial charge on any atom is -0.369 e. The Bertz CT molecular complexity index is 1020. The third-order valence-corrected chi connectivity index (χ3v) is 10.2. The summed E-state index contributed by atoms with van der Waals surface area (Å²) in [6.07, 6.45) is 4.90. The fourth-order valence-electron chi connectivity index (χ4n) is 6.53. The summed E-state index contributed by atoms with van der Waals surface area (Å²) < 4.78 is 27.7. The Balaban J connectivity index is 1.59. The number of benzene rings is 1. The summed E-state index contributed by atoms with van der Waals surface area (Å²) in [4.78, 5) is 26.0. The Labute approximate surface area is 184 Å². The van der Waals surface area contributed by atoms with Crippen LogP contribution in [0.3, 0.4) is 0 Å². The lowest BCUT2D eigenvalue weighted by molar-refractivity contribution is -0.152. The van der Waals surface area contributed by atoms with Crippen LogP contribution in [0, 0.1) is 24.2 Å². The largest absolute Gasteiger partial charge is 0.369 e. The van der Waals surface area contributed by atoms with Gasteiger partial charge in [-0.2, -0.15) is 4.31 Å². The van der Waals surface area contributed by atoms with Crippen LogP contribution >= 0.6 is 0 Å². The first kappa shape index (κ1) is 22.3. The number of carbonyl (C=O) groups is 2. The van der Waals surface area contributed by atoms with Crippen molar-refractivity contribution in [3.63, 3.8) is 0 Å². The molecule has 7 nitrogen and oxygen atoms in total. The van der Waals surface area contributed by atoms with Crippen molar-refractivity contribution in [2.24, 2.45) is 23.0 Å². The number of sulfonamides is 1. The molecule has 0 spiro atoms. The molecule has 4 saturated carbocycles. The Morgan fingerprint density at radius 2 is 1.71 bits per heavy atom. The van der Waals surface area contributed by atoms with Gasteiger partial charge in [0.15, 0.2) is 0 Å². The van der Waals surface area contributed by atoms with Gasteiger partial charge in [0.05, 0.1) is 10.3 Å². The zero-order chi connectivity index (χ0) is 22.8. The van der Waals surface area contributed by atoms with Crippen molar-refractivity contribution in [3.05, 3.63) is 29.8 Å². The number of primary amides is 1. The first-order chi connectivity index (χ1) is 14.3. The van der Waals surface area contributed by atoms with Crippen molar-refractivity contribution in [2.75, 3.05) is 7.05 Å². The van der Waals surface area contributed by atoms with E-state index in [0.717, 1.165) is 36.4 Å². The Morgan fingerprint density at radius 1 is 1.13 bits per heavy atom. The number of nitrogens with two attached hydrogens (primary N) is 1. The first-order valence-corrected chi connectivity index (χ1v) is 12.4. The summed E-state index contributed by atoms with van der Waals surface area (Å²) in [5.74, 6) is 0.156. The number of carbonyl (C=O) groups excluding carboxylic acids is 2. The highest BCUT2D eigenvalue weighted by Gasteiger charge is 2.61. The van der Waals surface area contributed by atoms with Gasteiger partial charge in [-0.05, 0) is 82.8 Å². The molecule has 4 bridgehead atoms. The van der Waals surface area contributed by atoms with Gasteiger partial charge < -0.3 is 11.1 Å². The summed E-state index contributed by atoms with van der Waals surface area (Å²) in [6.45, 7) is 5.00. The minimum atomic E-state index is -3.87. The molecule has 4 fully saturated rings. The maximum atomic E-state index is 13.5. The van der Waals surface area contributed by atoms with E-state index in [-0.39, 0.29) is 16.7 Å². The standard InChI is InChI=1S/C23H33N3O4S/c1-15-7-5-6-8-18(15)31(29,30)26(4)21(2,3)20(28)25-23-12-16-9-17(13-23)11-22(10-16,14-23)19(24)27/h5-8,16-17H,9-14H2,1-4H3,(H2,24,27)(H,25,28). The van der Waals surface area contributed by atoms with E-state index in [1.54, 1.807) is 45.0 Å². The number of nitrogens with one attached hydrogen (secondary N) is 1. The average Bonchev–Trinajstić information content (AvgIpc) is 2.66. The topological polar surface area (TPSA) is 110 Å². The predicted octanol–water partition coefficient (Wildman–Crippen LogP) is 2.33. The van der Waals surface area contributed by atoms with Crippen molar-refractivity contribution in [1.82, 2.24) is 9.62 Å². The number of hydrogen-bond acceptors (Lipinski definition) is 4. The van der Waals surface area contributed by atoms with E-state index < -0.39 is 26.5 Å². The van der Waals surface area contributed by atoms with Crippen molar-refractivity contribution >= 4 is 21.8 Å². The molecule has 4 aliphatic rings. The molecule has 0 radical (unpaired) electrons. The highest BCUT2D eigenvalue weighted by Crippen LogP contribution is 2.61. The van der Waals surface area contributed by atoms with Crippen LogP contribution in [0.1, 0.15) is 57.9 Å². The van der Waals surface area contributed by atoms with Gasteiger partial charge in [0.1, 0.15) is 5.54 Å². The second-order valence-corrected chi connectivity index (χ2v) is 12.6. The van der Waals surface area contributed by atoms with E-state index in [2.05, 4.69) is 5.32 Å². The molecule has 0 saturated heterocycles. The molecule has 31 heavy (non-hydrogen) atoms. The molecule has 0 aliphatic heterocycles. The molecule has 0 aromatic heterocycles. The number of hydrogen-bond donors (Lipinski definition) is 2. The Hall–Kier alpha value is -1.93. The SMILES string of the molecule is Cc1ccccc1S(=O)(=O)N(C)C(C)(C)C(=O)NC12CC3CC(C1)CC(C(N)=O)(C3)C2. The van der Waals surface area contributed by atoms with E-state index >= 15 is 0 Å². The summed E-state index contributed by atoms with van der Waals surface area (Å²) in [5, 5.41) is 3.21. The Kier molecular flexibility index (Phi) is 5.05. The predicted molar refractivity (Wildman–Crippen MR) is 117 cm³/mol. The van der Waals surface area contributed by atoms with Crippen molar-refractivity contribution in [1.29, 1.82) is 0 Å². The highest BCUT2D eigenvalue weighted by molar-refractivity contribution is 7.89. The molecule has 3 N–H and O–H groups in total. The van der Waals surface area contributed by atoms with Crippen LogP contribution in [0.5, 0.6) is 0 Å². The zero-order valence-corrected chi connectivity index (χ0v) is 19.6. The van der Waals surface area contributed by atoms with Crippen molar-refractivity contribution < 1.29 is 18.0 Å². The summed E-state index contributed by atoms with van der Waals surface area (Å²) in [7, 11) is -2.42. The third kappa shape index (κ3) is 3.48. The molecule has 2 unspecified atom stereocenters. The van der Waals surface area contributed by atoms with Gasteiger partial charge >= 0.3 is 0 Å². The molecule has 8 heteroatoms. The highest BCUT2D eigenvalue weighted by atomic mass is 32.2. The van der Waals surface area contributed by atoms with Crippen LogP contribution in [0.2, 0.25) is 0 Å². The van der Waals surface area contributed by atoms with Gasteiger partial charge in [0.2, 0.25) is 21.8 Å². The molecule has 1 aromatic carbocycles. The fourth-order valence-corrected chi connectivity index (χ4v) is 8.23. The van der Waals surface area contributed by atoms with Crippen LogP contribution in [0.15, 0.2) is 29.2 Å². The van der Waals surface area contributed by atoms with Gasteiger partial charge in [-0.3, -0.25) is 9.59 Å². The number of aryl methyl sites for hydroxylation is 1. The van der Waals surface area contributed by atoms with Crippen LogP contribution in [0.4, 0.5) is 0 Å². The van der Waals surface area contributed by atoms with Gasteiger partial charge in [-0.25, -0.2) is 8.42 Å². The molecular weight excluding hydrogens is 414 g/mol. The molecule has 1 aromatic rings. The van der Waals surface area contributed by atoms with Crippen LogP contribution < -0.4 is 11.1 Å². The van der Waals surface area contributed by atoms with E-state index in [1.807, 2.05) is 0 Å². The lowest BCUT2D eigenvalue weighted by Gasteiger charge is -2.61. The third-order valence-electron chi connectivity index (χ3n) is 8.04. The minimum absolute atomic E-state index is 0.195. The summed E-state index contributed by atoms with van der Waals surface area (Å²) >= 11 is 0. The lowest BCUT2D eigenvalue weighted by Crippen LogP contribution is -2.68. The molecule has 2 amide bonds. The number of rotatable bonds is 6. The molecule has 5 rings (SSSR count). The maximum Gasteiger partial charge on any atom is 0.244 e. The van der Waals surface area contributed by atoms with Crippen LogP contribution in [0.25, 0.3) is 0 Å². The Morgan fingerprint density at radius 3 is 2.26 bits per heavy atom. The lowest BCUT2D eigenvalue weighted by atomic mass is 9.46. The maximum absolute atomic E-state index is 13.5. The first-order valence-electron chi connectivity index (χ1n) is 11.0. The van der Waals surface area contributed by atoms with E-state index in [9.17, 15) is 18.0 Å². The van der Waals surface area contributed by atoms with Crippen molar-refractivity contribution in [2.45, 2.75) is 75.3 Å². The van der Waals surface area contributed by atoms with Crippen LogP contribution in [-0.4, -0.2) is 42.7 Å². The average molecular weight is 448 g/mol. The molecule has 2 atom stereocenters. The second-order valence-electron chi connectivity index (χ2n) is 10.6. The van der Waals surface area contributed by atoms with Crippen molar-refractivity contribution in [3.8, 4) is 0 Å². The van der Waals surface area contributed by atoms with Crippen LogP contribution in [-0.2, 0) is 19.6 Å².